The van der Waals surface area contributed by atoms with E-state index in [1.54, 1.807) is 12.2 Å². The Bertz CT molecular complexity index is 1200. The van der Waals surface area contributed by atoms with Crippen LogP contribution in [-0.4, -0.2) is 63.7 Å². The number of aliphatic hydroxyl groups is 4. The molecule has 43 heavy (non-hydrogen) atoms. The van der Waals surface area contributed by atoms with Gasteiger partial charge in [-0.25, -0.2) is 4.79 Å². The lowest BCUT2D eigenvalue weighted by molar-refractivity contribution is -0.291. The van der Waals surface area contributed by atoms with E-state index in [0.29, 0.717) is 0 Å². The van der Waals surface area contributed by atoms with E-state index < -0.39 is 43.3 Å². The lowest BCUT2D eigenvalue weighted by Crippen LogP contribution is -2.59. The third-order valence-electron chi connectivity index (χ3n) is 6.48. The van der Waals surface area contributed by atoms with E-state index in [0.717, 1.165) is 24.0 Å². The Kier molecular flexibility index (Phi) is 18.0. The van der Waals surface area contributed by atoms with Crippen LogP contribution in [0, 0.1) is 0 Å². The molecule has 0 aromatic rings. The number of ether oxygens (including phenoxy) is 2. The molecule has 0 aromatic heterocycles. The van der Waals surface area contributed by atoms with Gasteiger partial charge >= 0.3 is 5.97 Å². The van der Waals surface area contributed by atoms with Crippen LogP contribution in [0.15, 0.2) is 119 Å². The number of hydrogen-bond donors (Lipinski definition) is 4. The SMILES string of the molecule is CC(C)=CCC/C(C)=C/C=C/C(C)=C/C=C/C=C(C)/C=C/C=C(C)/C=C/C=C(\C)C(=O)O[C@H]1O[C@H](CO)[C@@H](O)[C@H](O)[C@H]1O. The van der Waals surface area contributed by atoms with Gasteiger partial charge in [0.1, 0.15) is 24.4 Å². The Morgan fingerprint density at radius 1 is 0.698 bits per heavy atom. The maximum absolute atomic E-state index is 12.4. The molecule has 1 fully saturated rings. The van der Waals surface area contributed by atoms with Crippen LogP contribution in [0.2, 0.25) is 0 Å². The van der Waals surface area contributed by atoms with Gasteiger partial charge in [-0.1, -0.05) is 113 Å². The van der Waals surface area contributed by atoms with E-state index in [-0.39, 0.29) is 5.57 Å². The lowest BCUT2D eigenvalue weighted by Gasteiger charge is -2.39. The highest BCUT2D eigenvalue weighted by atomic mass is 16.7. The molecule has 1 aliphatic rings. The summed E-state index contributed by atoms with van der Waals surface area (Å²) in [6.45, 7) is 13.4. The monoisotopic (exact) mass is 594 g/mol. The van der Waals surface area contributed by atoms with Crippen molar-refractivity contribution in [2.24, 2.45) is 0 Å². The normalized spacial score (nSPS) is 25.0. The molecule has 7 heteroatoms. The molecule has 1 saturated heterocycles. The van der Waals surface area contributed by atoms with E-state index in [2.05, 4.69) is 58.1 Å². The van der Waals surface area contributed by atoms with Gasteiger partial charge in [0.15, 0.2) is 0 Å². The van der Waals surface area contributed by atoms with E-state index in [1.807, 2.05) is 56.4 Å². The van der Waals surface area contributed by atoms with Gasteiger partial charge < -0.3 is 29.9 Å². The summed E-state index contributed by atoms with van der Waals surface area (Å²) in [6, 6.07) is 0. The molecule has 0 unspecified atom stereocenters. The predicted octanol–water partition coefficient (Wildman–Crippen LogP) is 6.03. The first kappa shape index (κ1) is 37.7. The molecule has 1 aliphatic heterocycles. The standard InChI is InChI=1S/C36H50O7/c1-25(2)14-10-17-28(5)20-11-18-26(3)15-8-9-16-27(4)19-12-21-29(6)22-13-23-30(7)35(41)43-36-34(40)33(39)32(38)31(24-37)42-36/h8-9,11-16,18-23,31-34,36-40H,10,17,24H2,1-7H3/b9-8+,18-11+,19-12+,22-13+,26-15+,27-16+,28-20+,29-21+,30-23+/t31-,32-,33+,34-,36-/m1/s1. The topological polar surface area (TPSA) is 116 Å². The molecular formula is C36H50O7. The van der Waals surface area contributed by atoms with Gasteiger partial charge in [-0.2, -0.15) is 0 Å². The largest absolute Gasteiger partial charge is 0.429 e. The highest BCUT2D eigenvalue weighted by Crippen LogP contribution is 2.22. The fourth-order valence-electron chi connectivity index (χ4n) is 3.74. The first-order valence-electron chi connectivity index (χ1n) is 14.6. The minimum Gasteiger partial charge on any atom is -0.429 e. The smallest absolute Gasteiger partial charge is 0.336 e. The number of allylic oxidation sites excluding steroid dienone is 19. The van der Waals surface area contributed by atoms with Crippen LogP contribution in [0.3, 0.4) is 0 Å². The van der Waals surface area contributed by atoms with Gasteiger partial charge in [0.25, 0.3) is 0 Å². The maximum Gasteiger partial charge on any atom is 0.336 e. The summed E-state index contributed by atoms with van der Waals surface area (Å²) < 4.78 is 10.3. The molecule has 1 heterocycles. The number of esters is 1. The fraction of sp³-hybridized carbons (Fsp3) is 0.417. The zero-order chi connectivity index (χ0) is 32.4. The molecule has 7 nitrogen and oxygen atoms in total. The number of aliphatic hydroxyl groups excluding tert-OH is 4. The summed E-state index contributed by atoms with van der Waals surface area (Å²) in [4.78, 5) is 12.4. The van der Waals surface area contributed by atoms with E-state index in [9.17, 15) is 25.2 Å². The van der Waals surface area contributed by atoms with Crippen molar-refractivity contribution in [3.05, 3.63) is 119 Å². The molecule has 0 aromatic carbocycles. The predicted molar refractivity (Wildman–Crippen MR) is 174 cm³/mol. The van der Waals surface area contributed by atoms with Crippen LogP contribution in [0.1, 0.15) is 61.3 Å². The highest BCUT2D eigenvalue weighted by Gasteiger charge is 2.45. The molecule has 0 radical (unpaired) electrons. The summed E-state index contributed by atoms with van der Waals surface area (Å²) in [5.74, 6) is -0.761. The van der Waals surface area contributed by atoms with Crippen LogP contribution in [0.4, 0.5) is 0 Å². The molecule has 236 valence electrons. The maximum atomic E-state index is 12.4. The molecule has 0 spiro atoms. The molecule has 1 rings (SSSR count). The highest BCUT2D eigenvalue weighted by molar-refractivity contribution is 5.88. The number of carbonyl (C=O) groups is 1. The molecule has 0 amide bonds. The van der Waals surface area contributed by atoms with Gasteiger partial charge in [0.05, 0.1) is 6.61 Å². The molecule has 5 atom stereocenters. The minimum absolute atomic E-state index is 0.239. The van der Waals surface area contributed by atoms with Crippen molar-refractivity contribution in [1.82, 2.24) is 0 Å². The van der Waals surface area contributed by atoms with Crippen molar-refractivity contribution >= 4 is 5.97 Å². The van der Waals surface area contributed by atoms with E-state index in [1.165, 1.54) is 23.6 Å². The fourth-order valence-corrected chi connectivity index (χ4v) is 3.74. The van der Waals surface area contributed by atoms with Gasteiger partial charge in [-0.05, 0) is 61.3 Å². The van der Waals surface area contributed by atoms with Crippen molar-refractivity contribution < 1.29 is 34.7 Å². The van der Waals surface area contributed by atoms with Crippen LogP contribution in [0.5, 0.6) is 0 Å². The minimum atomic E-state index is -1.64. The van der Waals surface area contributed by atoms with Crippen LogP contribution in [-0.2, 0) is 14.3 Å². The van der Waals surface area contributed by atoms with Crippen molar-refractivity contribution in [3.63, 3.8) is 0 Å². The molecule has 0 aliphatic carbocycles. The van der Waals surface area contributed by atoms with E-state index >= 15 is 0 Å². The molecule has 0 bridgehead atoms. The number of carbonyl (C=O) groups excluding carboxylic acids is 1. The van der Waals surface area contributed by atoms with Gasteiger partial charge in [-0.15, -0.1) is 0 Å². The van der Waals surface area contributed by atoms with Crippen molar-refractivity contribution in [2.75, 3.05) is 6.61 Å². The summed E-state index contributed by atoms with van der Waals surface area (Å²) in [5.41, 5.74) is 6.18. The zero-order valence-corrected chi connectivity index (χ0v) is 26.6. The summed E-state index contributed by atoms with van der Waals surface area (Å²) >= 11 is 0. The van der Waals surface area contributed by atoms with Crippen LogP contribution < -0.4 is 0 Å². The Morgan fingerprint density at radius 2 is 1.21 bits per heavy atom. The summed E-state index contributed by atoms with van der Waals surface area (Å²) in [7, 11) is 0. The second kappa shape index (κ2) is 20.6. The van der Waals surface area contributed by atoms with Crippen LogP contribution in [0.25, 0.3) is 0 Å². The second-order valence-corrected chi connectivity index (χ2v) is 11.0. The average Bonchev–Trinajstić information content (AvgIpc) is 2.95. The third-order valence-corrected chi connectivity index (χ3v) is 6.48. The second-order valence-electron chi connectivity index (χ2n) is 11.0. The average molecular weight is 595 g/mol. The lowest BCUT2D eigenvalue weighted by atomic mass is 9.99. The summed E-state index contributed by atoms with van der Waals surface area (Å²) in [6.07, 6.45) is 22.4. The van der Waals surface area contributed by atoms with Crippen molar-refractivity contribution in [1.29, 1.82) is 0 Å². The summed E-state index contributed by atoms with van der Waals surface area (Å²) in [5, 5.41) is 38.9. The Hall–Kier alpha value is -3.33. The zero-order valence-electron chi connectivity index (χ0n) is 26.6. The quantitative estimate of drug-likeness (QED) is 0.0840. The molecule has 0 saturated carbocycles. The molecular weight excluding hydrogens is 544 g/mol. The molecule has 4 N–H and O–H groups in total. The van der Waals surface area contributed by atoms with Gasteiger partial charge in [0, 0.05) is 5.57 Å². The Balaban J connectivity index is 2.59. The Morgan fingerprint density at radius 3 is 1.74 bits per heavy atom. The van der Waals surface area contributed by atoms with Crippen molar-refractivity contribution in [2.45, 2.75) is 92.0 Å². The number of hydrogen-bond acceptors (Lipinski definition) is 7. The number of rotatable bonds is 14. The third kappa shape index (κ3) is 15.6. The van der Waals surface area contributed by atoms with E-state index in [4.69, 9.17) is 9.47 Å². The Labute approximate surface area is 257 Å². The first-order chi connectivity index (χ1) is 20.3. The van der Waals surface area contributed by atoms with Crippen LogP contribution >= 0.6 is 0 Å². The van der Waals surface area contributed by atoms with Crippen molar-refractivity contribution in [3.8, 4) is 0 Å². The van der Waals surface area contributed by atoms with Gasteiger partial charge in [-0.3, -0.25) is 0 Å². The van der Waals surface area contributed by atoms with Gasteiger partial charge in [0.2, 0.25) is 6.29 Å². The first-order valence-corrected chi connectivity index (χ1v) is 14.6.